The molecule has 154 valence electrons. The number of ether oxygens (including phenoxy) is 1. The van der Waals surface area contributed by atoms with E-state index in [0.29, 0.717) is 36.5 Å². The highest BCUT2D eigenvalue weighted by molar-refractivity contribution is 7.09. The Morgan fingerprint density at radius 2 is 2.00 bits per heavy atom. The molecule has 3 aromatic rings. The van der Waals surface area contributed by atoms with Gasteiger partial charge in [-0.05, 0) is 29.8 Å². The van der Waals surface area contributed by atoms with Crippen molar-refractivity contribution in [3.8, 4) is 16.9 Å². The lowest BCUT2D eigenvalue weighted by Crippen LogP contribution is -2.44. The maximum atomic E-state index is 14.3. The summed E-state index contributed by atoms with van der Waals surface area (Å²) in [6, 6.07) is 8.36. The molecule has 2 aromatic carbocycles. The van der Waals surface area contributed by atoms with E-state index in [1.165, 1.54) is 12.1 Å². The lowest BCUT2D eigenvalue weighted by molar-refractivity contribution is 0.0682. The number of carbonyl (C=O) groups is 1. The van der Waals surface area contributed by atoms with Gasteiger partial charge in [0.1, 0.15) is 28.5 Å². The molecule has 0 bridgehead atoms. The number of hydrogen-bond acceptors (Lipinski definition) is 5. The molecule has 0 unspecified atom stereocenters. The van der Waals surface area contributed by atoms with E-state index in [9.17, 15) is 13.6 Å². The normalized spacial score (nSPS) is 21.2. The monoisotopic (exact) mass is 427 g/mol. The minimum absolute atomic E-state index is 0.0872. The number of hydrogen-bond donors (Lipinski definition) is 0. The maximum Gasteiger partial charge on any atom is 0.257 e. The summed E-state index contributed by atoms with van der Waals surface area (Å²) in [4.78, 5) is 21.4. The van der Waals surface area contributed by atoms with Crippen LogP contribution in [0.4, 0.5) is 8.78 Å². The predicted molar refractivity (Wildman–Crippen MR) is 109 cm³/mol. The molecule has 0 N–H and O–H groups in total. The van der Waals surface area contributed by atoms with Gasteiger partial charge in [0.25, 0.3) is 5.91 Å². The Bertz CT molecular complexity index is 1110. The molecule has 1 amide bonds. The van der Waals surface area contributed by atoms with E-state index in [1.807, 2.05) is 5.38 Å². The first kappa shape index (κ1) is 19.1. The second-order valence-corrected chi connectivity index (χ2v) is 8.57. The molecule has 3 heterocycles. The zero-order valence-electron chi connectivity index (χ0n) is 16.2. The molecule has 0 spiro atoms. The highest BCUT2D eigenvalue weighted by Crippen LogP contribution is 2.35. The molecule has 2 aliphatic heterocycles. The molecule has 5 rings (SSSR count). The number of halogens is 2. The van der Waals surface area contributed by atoms with E-state index in [-0.39, 0.29) is 23.6 Å². The van der Waals surface area contributed by atoms with Gasteiger partial charge in [0.15, 0.2) is 0 Å². The molecule has 1 aromatic heterocycles. The number of amides is 1. The first-order valence-corrected chi connectivity index (χ1v) is 10.5. The molecule has 0 saturated carbocycles. The van der Waals surface area contributed by atoms with Crippen molar-refractivity contribution in [1.29, 1.82) is 0 Å². The molecular formula is C22H19F2N3O2S. The van der Waals surface area contributed by atoms with Crippen molar-refractivity contribution < 1.29 is 18.3 Å². The molecule has 0 radical (unpaired) electrons. The van der Waals surface area contributed by atoms with Crippen molar-refractivity contribution in [2.75, 3.05) is 20.1 Å². The van der Waals surface area contributed by atoms with E-state index in [2.05, 4.69) is 9.88 Å². The van der Waals surface area contributed by atoms with Gasteiger partial charge in [-0.15, -0.1) is 11.3 Å². The van der Waals surface area contributed by atoms with Gasteiger partial charge < -0.3 is 9.64 Å². The molecule has 0 aliphatic carbocycles. The van der Waals surface area contributed by atoms with Crippen molar-refractivity contribution in [2.45, 2.75) is 18.7 Å². The number of aromatic nitrogens is 1. The summed E-state index contributed by atoms with van der Waals surface area (Å²) in [5, 5.41) is 2.97. The van der Waals surface area contributed by atoms with Crippen LogP contribution in [0.15, 0.2) is 48.0 Å². The molecule has 5 nitrogen and oxygen atoms in total. The number of rotatable bonds is 3. The molecule has 1 fully saturated rings. The Balaban J connectivity index is 1.46. The predicted octanol–water partition coefficient (Wildman–Crippen LogP) is 3.81. The van der Waals surface area contributed by atoms with Crippen LogP contribution < -0.4 is 4.74 Å². The van der Waals surface area contributed by atoms with E-state index in [1.54, 1.807) is 47.7 Å². The Labute approximate surface area is 176 Å². The van der Waals surface area contributed by atoms with Gasteiger partial charge in [0.05, 0.1) is 18.2 Å². The standard InChI is InChI=1S/C22H19F2N3O2S/c1-26-18-10-27(12-21-25-6-7-30-21)11-20(18)29-19-8-13(2-4-16(19)22(26)28)15-5-3-14(23)9-17(15)24/h2-9,18,20H,10-12H2,1H3/t18-,20+/m1/s1. The Morgan fingerprint density at radius 3 is 2.77 bits per heavy atom. The van der Waals surface area contributed by atoms with E-state index < -0.39 is 11.6 Å². The molecule has 2 aliphatic rings. The molecular weight excluding hydrogens is 408 g/mol. The quantitative estimate of drug-likeness (QED) is 0.638. The fourth-order valence-corrected chi connectivity index (χ4v) is 4.82. The maximum absolute atomic E-state index is 14.3. The van der Waals surface area contributed by atoms with Crippen molar-refractivity contribution in [3.63, 3.8) is 0 Å². The largest absolute Gasteiger partial charge is 0.486 e. The van der Waals surface area contributed by atoms with Crippen LogP contribution in [0.25, 0.3) is 11.1 Å². The van der Waals surface area contributed by atoms with Gasteiger partial charge in [-0.2, -0.15) is 0 Å². The second-order valence-electron chi connectivity index (χ2n) is 7.59. The number of likely N-dealkylation sites (tertiary alicyclic amines) is 1. The average molecular weight is 427 g/mol. The van der Waals surface area contributed by atoms with Crippen LogP contribution in [0, 0.1) is 11.6 Å². The summed E-state index contributed by atoms with van der Waals surface area (Å²) in [7, 11) is 1.79. The molecule has 1 saturated heterocycles. The van der Waals surface area contributed by atoms with Crippen LogP contribution in [0.3, 0.4) is 0 Å². The smallest absolute Gasteiger partial charge is 0.257 e. The van der Waals surface area contributed by atoms with Gasteiger partial charge in [-0.1, -0.05) is 6.07 Å². The number of thiazole rings is 1. The average Bonchev–Trinajstić information content (AvgIpc) is 3.35. The fraction of sp³-hybridized carbons (Fsp3) is 0.273. The van der Waals surface area contributed by atoms with Crippen LogP contribution in [0.5, 0.6) is 5.75 Å². The summed E-state index contributed by atoms with van der Waals surface area (Å²) in [6.45, 7) is 2.07. The van der Waals surface area contributed by atoms with Gasteiger partial charge in [-0.25, -0.2) is 13.8 Å². The highest BCUT2D eigenvalue weighted by Gasteiger charge is 2.42. The Kier molecular flexibility index (Phi) is 4.75. The minimum Gasteiger partial charge on any atom is -0.486 e. The van der Waals surface area contributed by atoms with E-state index in [0.717, 1.165) is 11.1 Å². The number of carbonyl (C=O) groups excluding carboxylic acids is 1. The lowest BCUT2D eigenvalue weighted by atomic mass is 10.0. The van der Waals surface area contributed by atoms with E-state index >= 15 is 0 Å². The van der Waals surface area contributed by atoms with Crippen molar-refractivity contribution in [1.82, 2.24) is 14.8 Å². The molecule has 30 heavy (non-hydrogen) atoms. The number of fused-ring (bicyclic) bond motifs is 2. The van der Waals surface area contributed by atoms with Crippen LogP contribution in [-0.4, -0.2) is 53.0 Å². The first-order valence-electron chi connectivity index (χ1n) is 9.63. The molecule has 8 heteroatoms. The van der Waals surface area contributed by atoms with Crippen LogP contribution in [0.1, 0.15) is 15.4 Å². The minimum atomic E-state index is -0.652. The summed E-state index contributed by atoms with van der Waals surface area (Å²) >= 11 is 1.60. The fourth-order valence-electron chi connectivity index (χ4n) is 4.16. The van der Waals surface area contributed by atoms with Crippen LogP contribution in [0.2, 0.25) is 0 Å². The van der Waals surface area contributed by atoms with Crippen LogP contribution >= 0.6 is 11.3 Å². The van der Waals surface area contributed by atoms with Crippen LogP contribution in [-0.2, 0) is 6.54 Å². The summed E-state index contributed by atoms with van der Waals surface area (Å²) in [5.41, 5.74) is 1.25. The lowest BCUT2D eigenvalue weighted by Gasteiger charge is -2.25. The zero-order chi connectivity index (χ0) is 20.8. The third-order valence-electron chi connectivity index (χ3n) is 5.71. The highest BCUT2D eigenvalue weighted by atomic mass is 32.1. The number of benzene rings is 2. The number of nitrogens with zero attached hydrogens (tertiary/aromatic N) is 3. The second kappa shape index (κ2) is 7.45. The Morgan fingerprint density at radius 1 is 1.17 bits per heavy atom. The summed E-state index contributed by atoms with van der Waals surface area (Å²) in [6.07, 6.45) is 1.58. The van der Waals surface area contributed by atoms with Gasteiger partial charge >= 0.3 is 0 Å². The van der Waals surface area contributed by atoms with E-state index in [4.69, 9.17) is 4.74 Å². The third kappa shape index (κ3) is 3.36. The van der Waals surface area contributed by atoms with Gasteiger partial charge in [-0.3, -0.25) is 9.69 Å². The van der Waals surface area contributed by atoms with Gasteiger partial charge in [0, 0.05) is 43.3 Å². The first-order chi connectivity index (χ1) is 14.5. The number of likely N-dealkylation sites (N-methyl/N-ethyl adjacent to an activating group) is 1. The molecule has 2 atom stereocenters. The van der Waals surface area contributed by atoms with Crippen molar-refractivity contribution in [2.24, 2.45) is 0 Å². The van der Waals surface area contributed by atoms with Crippen molar-refractivity contribution in [3.05, 3.63) is 70.2 Å². The Hall–Kier alpha value is -2.84. The summed E-state index contributed by atoms with van der Waals surface area (Å²) in [5.74, 6) is -0.982. The zero-order valence-corrected chi connectivity index (χ0v) is 17.0. The third-order valence-corrected chi connectivity index (χ3v) is 6.47. The van der Waals surface area contributed by atoms with Gasteiger partial charge in [0.2, 0.25) is 0 Å². The SMILES string of the molecule is CN1C(=O)c2ccc(-c3ccc(F)cc3F)cc2O[C@H]2CN(Cc3nccs3)C[C@H]21. The summed E-state index contributed by atoms with van der Waals surface area (Å²) < 4.78 is 33.8. The topological polar surface area (TPSA) is 45.7 Å². The van der Waals surface area contributed by atoms with Crippen molar-refractivity contribution >= 4 is 17.2 Å².